The van der Waals surface area contributed by atoms with Gasteiger partial charge in [0.25, 0.3) is 0 Å². The fraction of sp³-hybridized carbons (Fsp3) is 0.176. The second-order valence-electron chi connectivity index (χ2n) is 4.88. The zero-order valence-electron chi connectivity index (χ0n) is 11.8. The molecule has 3 aromatic rings. The molecule has 1 heterocycles. The molecular formula is C17H16ClN3. The summed E-state index contributed by atoms with van der Waals surface area (Å²) in [7, 11) is 0. The second-order valence-corrected chi connectivity index (χ2v) is 5.32. The number of nitrogens with zero attached hydrogens (tertiary/aromatic N) is 2. The van der Waals surface area contributed by atoms with E-state index >= 15 is 0 Å². The predicted octanol–water partition coefficient (Wildman–Crippen LogP) is 4.77. The summed E-state index contributed by atoms with van der Waals surface area (Å²) in [5.41, 5.74) is 1.84. The molecule has 0 fully saturated rings. The van der Waals surface area contributed by atoms with Gasteiger partial charge in [-0.05, 0) is 18.6 Å². The molecule has 3 nitrogen and oxygen atoms in total. The largest absolute Gasteiger partial charge is 0.368 e. The molecule has 0 spiro atoms. The SMILES string of the molecule is CCCNc1nnc(-c2cccc(Cl)c2)c2ccccc12. The number of nitrogens with one attached hydrogen (secondary N) is 1. The average Bonchev–Trinajstić information content (AvgIpc) is 2.52. The summed E-state index contributed by atoms with van der Waals surface area (Å²) in [6, 6.07) is 15.9. The molecule has 0 saturated heterocycles. The average molecular weight is 298 g/mol. The van der Waals surface area contributed by atoms with E-state index in [1.807, 2.05) is 36.4 Å². The third-order valence-electron chi connectivity index (χ3n) is 3.33. The summed E-state index contributed by atoms with van der Waals surface area (Å²) >= 11 is 6.09. The third-order valence-corrected chi connectivity index (χ3v) is 3.56. The van der Waals surface area contributed by atoms with Crippen LogP contribution in [0.25, 0.3) is 22.0 Å². The fourth-order valence-corrected chi connectivity index (χ4v) is 2.52. The first-order chi connectivity index (χ1) is 10.3. The van der Waals surface area contributed by atoms with Crippen molar-refractivity contribution in [3.05, 3.63) is 53.6 Å². The van der Waals surface area contributed by atoms with Crippen molar-refractivity contribution in [3.8, 4) is 11.3 Å². The Morgan fingerprint density at radius 2 is 1.81 bits per heavy atom. The minimum absolute atomic E-state index is 0.701. The summed E-state index contributed by atoms with van der Waals surface area (Å²) in [4.78, 5) is 0. The Balaban J connectivity index is 2.17. The molecule has 3 rings (SSSR count). The molecular weight excluding hydrogens is 282 g/mol. The van der Waals surface area contributed by atoms with Gasteiger partial charge in [0.1, 0.15) is 5.69 Å². The van der Waals surface area contributed by atoms with E-state index in [2.05, 4.69) is 34.6 Å². The van der Waals surface area contributed by atoms with E-state index < -0.39 is 0 Å². The summed E-state index contributed by atoms with van der Waals surface area (Å²) in [5.74, 6) is 0.832. The molecule has 0 atom stereocenters. The van der Waals surface area contributed by atoms with E-state index in [1.54, 1.807) is 0 Å². The van der Waals surface area contributed by atoms with Crippen molar-refractivity contribution in [2.24, 2.45) is 0 Å². The molecule has 0 aliphatic rings. The molecule has 4 heteroatoms. The quantitative estimate of drug-likeness (QED) is 0.753. The molecule has 106 valence electrons. The molecule has 0 amide bonds. The van der Waals surface area contributed by atoms with Gasteiger partial charge in [0, 0.05) is 27.9 Å². The monoisotopic (exact) mass is 297 g/mol. The van der Waals surface area contributed by atoms with Gasteiger partial charge >= 0.3 is 0 Å². The van der Waals surface area contributed by atoms with Crippen LogP contribution in [0.3, 0.4) is 0 Å². The Hall–Kier alpha value is -2.13. The molecule has 1 aromatic heterocycles. The smallest absolute Gasteiger partial charge is 0.156 e. The highest BCUT2D eigenvalue weighted by Crippen LogP contribution is 2.30. The predicted molar refractivity (Wildman–Crippen MR) is 88.8 cm³/mol. The van der Waals surface area contributed by atoms with Crippen LogP contribution in [0.1, 0.15) is 13.3 Å². The standard InChI is InChI=1S/C17H16ClN3/c1-2-10-19-17-15-9-4-3-8-14(15)16(20-21-17)12-6-5-7-13(18)11-12/h3-9,11H,2,10H2,1H3,(H,19,21). The van der Waals surface area contributed by atoms with Crippen molar-refractivity contribution in [3.63, 3.8) is 0 Å². The summed E-state index contributed by atoms with van der Waals surface area (Å²) in [6.45, 7) is 3.01. The van der Waals surface area contributed by atoms with Crippen LogP contribution in [0.15, 0.2) is 48.5 Å². The fourth-order valence-electron chi connectivity index (χ4n) is 2.33. The number of aromatic nitrogens is 2. The molecule has 0 saturated carbocycles. The Kier molecular flexibility index (Phi) is 4.02. The lowest BCUT2D eigenvalue weighted by Gasteiger charge is -2.10. The zero-order chi connectivity index (χ0) is 14.7. The number of benzene rings is 2. The molecule has 21 heavy (non-hydrogen) atoms. The maximum atomic E-state index is 6.09. The van der Waals surface area contributed by atoms with Gasteiger partial charge in [0.2, 0.25) is 0 Å². The van der Waals surface area contributed by atoms with Crippen LogP contribution in [-0.4, -0.2) is 16.7 Å². The summed E-state index contributed by atoms with van der Waals surface area (Å²) < 4.78 is 0. The van der Waals surface area contributed by atoms with Crippen molar-refractivity contribution in [2.75, 3.05) is 11.9 Å². The Morgan fingerprint density at radius 3 is 2.57 bits per heavy atom. The molecule has 0 radical (unpaired) electrons. The van der Waals surface area contributed by atoms with E-state index in [0.717, 1.165) is 40.8 Å². The van der Waals surface area contributed by atoms with Crippen LogP contribution < -0.4 is 5.32 Å². The van der Waals surface area contributed by atoms with Gasteiger partial charge in [-0.25, -0.2) is 0 Å². The van der Waals surface area contributed by atoms with Crippen molar-refractivity contribution in [1.29, 1.82) is 0 Å². The Labute approximate surface area is 129 Å². The van der Waals surface area contributed by atoms with Crippen molar-refractivity contribution >= 4 is 28.2 Å². The van der Waals surface area contributed by atoms with Gasteiger partial charge in [-0.2, -0.15) is 0 Å². The van der Waals surface area contributed by atoms with Gasteiger partial charge in [0.15, 0.2) is 5.82 Å². The van der Waals surface area contributed by atoms with Gasteiger partial charge in [0.05, 0.1) is 0 Å². The number of hydrogen-bond acceptors (Lipinski definition) is 3. The lowest BCUT2D eigenvalue weighted by molar-refractivity contribution is 0.952. The van der Waals surface area contributed by atoms with E-state index in [9.17, 15) is 0 Å². The highest BCUT2D eigenvalue weighted by molar-refractivity contribution is 6.30. The van der Waals surface area contributed by atoms with Crippen LogP contribution in [0.4, 0.5) is 5.82 Å². The van der Waals surface area contributed by atoms with Crippen LogP contribution in [0.2, 0.25) is 5.02 Å². The highest BCUT2D eigenvalue weighted by Gasteiger charge is 2.10. The molecule has 0 aliphatic carbocycles. The van der Waals surface area contributed by atoms with Crippen molar-refractivity contribution in [1.82, 2.24) is 10.2 Å². The number of rotatable bonds is 4. The lowest BCUT2D eigenvalue weighted by atomic mass is 10.0. The maximum absolute atomic E-state index is 6.09. The van der Waals surface area contributed by atoms with Gasteiger partial charge < -0.3 is 5.32 Å². The Bertz CT molecular complexity index is 771. The van der Waals surface area contributed by atoms with Gasteiger partial charge in [-0.3, -0.25) is 0 Å². The number of halogens is 1. The van der Waals surface area contributed by atoms with Gasteiger partial charge in [-0.15, -0.1) is 10.2 Å². The van der Waals surface area contributed by atoms with Crippen LogP contribution in [-0.2, 0) is 0 Å². The second kappa shape index (κ2) is 6.10. The topological polar surface area (TPSA) is 37.8 Å². The van der Waals surface area contributed by atoms with Crippen LogP contribution >= 0.6 is 11.6 Å². The Morgan fingerprint density at radius 1 is 1.00 bits per heavy atom. The van der Waals surface area contributed by atoms with Gasteiger partial charge in [-0.1, -0.05) is 54.9 Å². The number of anilines is 1. The molecule has 1 N–H and O–H groups in total. The van der Waals surface area contributed by atoms with E-state index in [0.29, 0.717) is 5.02 Å². The number of fused-ring (bicyclic) bond motifs is 1. The normalized spacial score (nSPS) is 10.8. The van der Waals surface area contributed by atoms with Crippen molar-refractivity contribution in [2.45, 2.75) is 13.3 Å². The summed E-state index contributed by atoms with van der Waals surface area (Å²) in [5, 5.41) is 14.9. The third kappa shape index (κ3) is 2.83. The van der Waals surface area contributed by atoms with Crippen LogP contribution in [0.5, 0.6) is 0 Å². The molecule has 2 aromatic carbocycles. The van der Waals surface area contributed by atoms with E-state index in [4.69, 9.17) is 11.6 Å². The number of hydrogen-bond donors (Lipinski definition) is 1. The molecule has 0 aliphatic heterocycles. The minimum atomic E-state index is 0.701. The first kappa shape index (κ1) is 13.8. The lowest BCUT2D eigenvalue weighted by Crippen LogP contribution is -2.04. The summed E-state index contributed by atoms with van der Waals surface area (Å²) in [6.07, 6.45) is 1.05. The highest BCUT2D eigenvalue weighted by atomic mass is 35.5. The maximum Gasteiger partial charge on any atom is 0.156 e. The molecule has 0 bridgehead atoms. The molecule has 0 unspecified atom stereocenters. The first-order valence-corrected chi connectivity index (χ1v) is 7.42. The van der Waals surface area contributed by atoms with E-state index in [-0.39, 0.29) is 0 Å². The zero-order valence-corrected chi connectivity index (χ0v) is 12.6. The minimum Gasteiger partial charge on any atom is -0.368 e. The van der Waals surface area contributed by atoms with E-state index in [1.165, 1.54) is 0 Å². The first-order valence-electron chi connectivity index (χ1n) is 7.05. The van der Waals surface area contributed by atoms with Crippen molar-refractivity contribution < 1.29 is 0 Å². The van der Waals surface area contributed by atoms with Crippen LogP contribution in [0, 0.1) is 0 Å².